The number of amides is 1. The fourth-order valence-corrected chi connectivity index (χ4v) is 3.79. The van der Waals surface area contributed by atoms with E-state index in [0.717, 1.165) is 29.0 Å². The molecular weight excluding hydrogens is 368 g/mol. The van der Waals surface area contributed by atoms with Crippen LogP contribution in [0.4, 0.5) is 0 Å². The van der Waals surface area contributed by atoms with Gasteiger partial charge in [-0.3, -0.25) is 4.79 Å². The first-order chi connectivity index (χ1) is 13.9. The maximum absolute atomic E-state index is 13.1. The lowest BCUT2D eigenvalue weighted by Crippen LogP contribution is -2.31. The minimum Gasteiger partial charge on any atom is -0.465 e. The normalized spacial score (nSPS) is 18.4. The van der Waals surface area contributed by atoms with Gasteiger partial charge in [0.15, 0.2) is 6.10 Å². The van der Waals surface area contributed by atoms with Crippen LogP contribution in [0.3, 0.4) is 0 Å². The van der Waals surface area contributed by atoms with Crippen molar-refractivity contribution >= 4 is 34.4 Å². The minimum atomic E-state index is -1.01. The van der Waals surface area contributed by atoms with Gasteiger partial charge in [0.05, 0.1) is 23.0 Å². The summed E-state index contributed by atoms with van der Waals surface area (Å²) in [4.78, 5) is 29.4. The third-order valence-corrected chi connectivity index (χ3v) is 5.17. The van der Waals surface area contributed by atoms with Gasteiger partial charge < -0.3 is 14.9 Å². The molecule has 1 amide bonds. The van der Waals surface area contributed by atoms with Gasteiger partial charge in [-0.25, -0.2) is 9.78 Å². The molecule has 2 aromatic heterocycles. The van der Waals surface area contributed by atoms with Gasteiger partial charge in [0.2, 0.25) is 0 Å². The molecule has 6 nitrogen and oxygen atoms in total. The second-order valence-corrected chi connectivity index (χ2v) is 7.48. The highest BCUT2D eigenvalue weighted by atomic mass is 16.5. The highest BCUT2D eigenvalue weighted by Gasteiger charge is 2.30. The molecule has 0 aliphatic heterocycles. The lowest BCUT2D eigenvalue weighted by Gasteiger charge is -2.26. The van der Waals surface area contributed by atoms with E-state index in [0.29, 0.717) is 28.8 Å². The summed E-state index contributed by atoms with van der Waals surface area (Å²) in [6.45, 7) is 3.61. The number of ether oxygens (including phenoxy) is 1. The van der Waals surface area contributed by atoms with Crippen molar-refractivity contribution in [2.24, 2.45) is 11.7 Å². The highest BCUT2D eigenvalue weighted by molar-refractivity contribution is 6.07. The van der Waals surface area contributed by atoms with E-state index in [4.69, 9.17) is 19.9 Å². The van der Waals surface area contributed by atoms with Crippen LogP contribution in [-0.2, 0) is 16.0 Å². The number of primary amides is 1. The quantitative estimate of drug-likeness (QED) is 0.680. The zero-order chi connectivity index (χ0) is 20.5. The van der Waals surface area contributed by atoms with Crippen molar-refractivity contribution in [2.45, 2.75) is 32.8 Å². The van der Waals surface area contributed by atoms with E-state index >= 15 is 0 Å². The molecule has 0 spiro atoms. The van der Waals surface area contributed by atoms with E-state index < -0.39 is 18.0 Å². The molecule has 4 rings (SSSR count). The number of para-hydroxylation sites is 1. The Hall–Kier alpha value is -3.41. The van der Waals surface area contributed by atoms with Gasteiger partial charge in [-0.05, 0) is 61.1 Å². The third kappa shape index (κ3) is 3.66. The zero-order valence-electron chi connectivity index (χ0n) is 16.3. The Morgan fingerprint density at radius 2 is 2.03 bits per heavy atom. The topological polar surface area (TPSA) is 95.4 Å². The third-order valence-electron chi connectivity index (χ3n) is 5.17. The molecule has 3 aromatic rings. The summed E-state index contributed by atoms with van der Waals surface area (Å²) in [7, 11) is 0. The molecule has 6 heteroatoms. The average molecular weight is 390 g/mol. The Bertz CT molecular complexity index is 1120. The van der Waals surface area contributed by atoms with E-state index in [1.807, 2.05) is 42.5 Å². The van der Waals surface area contributed by atoms with Crippen LogP contribution in [0.1, 0.15) is 47.6 Å². The number of fused-ring (bicyclic) bond motifs is 2. The van der Waals surface area contributed by atoms with Gasteiger partial charge in [-0.2, -0.15) is 0 Å². The average Bonchev–Trinajstić information content (AvgIpc) is 3.19. The maximum atomic E-state index is 13.1. The van der Waals surface area contributed by atoms with E-state index in [9.17, 15) is 9.59 Å². The van der Waals surface area contributed by atoms with Crippen LogP contribution >= 0.6 is 0 Å². The second kappa shape index (κ2) is 7.54. The number of furan rings is 1. The molecule has 148 valence electrons. The van der Waals surface area contributed by atoms with Crippen LogP contribution < -0.4 is 5.73 Å². The number of carbonyl (C=O) groups excluding carboxylic acids is 2. The number of hydrogen-bond acceptors (Lipinski definition) is 5. The van der Waals surface area contributed by atoms with Crippen LogP contribution in [0.15, 0.2) is 47.1 Å². The number of aromatic nitrogens is 1. The molecule has 1 aromatic carbocycles. The van der Waals surface area contributed by atoms with Crippen molar-refractivity contribution in [2.75, 3.05) is 0 Å². The van der Waals surface area contributed by atoms with E-state index in [-0.39, 0.29) is 0 Å². The number of nitrogens with two attached hydrogens (primary N) is 1. The molecule has 29 heavy (non-hydrogen) atoms. The molecule has 1 aliphatic rings. The van der Waals surface area contributed by atoms with Gasteiger partial charge in [0.25, 0.3) is 5.91 Å². The standard InChI is InChI=1S/C23H22N2O4/c1-13-10-15(12-16-6-5-9-28-16)21-18(11-13)20(23(27)29-14(2)22(24)26)17-7-3-4-8-19(17)25-21/h3-9,12-14H,10-11H2,1-2H3,(H2,24,26)/b15-12-/t13-,14+/m0/s1. The van der Waals surface area contributed by atoms with Crippen LogP contribution in [0.5, 0.6) is 0 Å². The Kier molecular flexibility index (Phi) is 4.92. The van der Waals surface area contributed by atoms with Crippen molar-refractivity contribution in [3.63, 3.8) is 0 Å². The lowest BCUT2D eigenvalue weighted by molar-refractivity contribution is -0.125. The molecule has 0 radical (unpaired) electrons. The summed E-state index contributed by atoms with van der Waals surface area (Å²) < 4.78 is 10.9. The Labute approximate surface area is 168 Å². The molecule has 2 heterocycles. The molecule has 0 saturated heterocycles. The van der Waals surface area contributed by atoms with Crippen molar-refractivity contribution in [1.29, 1.82) is 0 Å². The summed E-state index contributed by atoms with van der Waals surface area (Å²) in [5.74, 6) is -0.191. The number of carbonyl (C=O) groups is 2. The van der Waals surface area contributed by atoms with Crippen LogP contribution in [0, 0.1) is 5.92 Å². The van der Waals surface area contributed by atoms with E-state index in [1.54, 1.807) is 6.26 Å². The Morgan fingerprint density at radius 3 is 2.76 bits per heavy atom. The predicted octanol–water partition coefficient (Wildman–Crippen LogP) is 3.98. The van der Waals surface area contributed by atoms with Crippen molar-refractivity contribution in [1.82, 2.24) is 4.98 Å². The molecule has 0 unspecified atom stereocenters. The molecule has 0 fully saturated rings. The lowest BCUT2D eigenvalue weighted by atomic mass is 9.81. The summed E-state index contributed by atoms with van der Waals surface area (Å²) in [6, 6.07) is 11.2. The fraction of sp³-hybridized carbons (Fsp3) is 0.261. The number of benzene rings is 1. The predicted molar refractivity (Wildman–Crippen MR) is 110 cm³/mol. The highest BCUT2D eigenvalue weighted by Crippen LogP contribution is 2.38. The molecule has 0 saturated carbocycles. The number of esters is 1. The summed E-state index contributed by atoms with van der Waals surface area (Å²) in [5.41, 5.74) is 9.06. The van der Waals surface area contributed by atoms with E-state index in [1.165, 1.54) is 6.92 Å². The van der Waals surface area contributed by atoms with Gasteiger partial charge >= 0.3 is 5.97 Å². The number of allylic oxidation sites excluding steroid dienone is 1. The molecule has 2 N–H and O–H groups in total. The van der Waals surface area contributed by atoms with Crippen molar-refractivity contribution in [3.05, 3.63) is 65.2 Å². The van der Waals surface area contributed by atoms with Crippen molar-refractivity contribution < 1.29 is 18.7 Å². The molecule has 1 aliphatic carbocycles. The van der Waals surface area contributed by atoms with Gasteiger partial charge in [-0.1, -0.05) is 25.1 Å². The second-order valence-electron chi connectivity index (χ2n) is 7.48. The van der Waals surface area contributed by atoms with Crippen LogP contribution in [0.25, 0.3) is 22.6 Å². The molecule has 0 bridgehead atoms. The van der Waals surface area contributed by atoms with Gasteiger partial charge in [0.1, 0.15) is 5.76 Å². The fourth-order valence-electron chi connectivity index (χ4n) is 3.79. The SMILES string of the molecule is C[C@H]1C/C(=C/c2ccco2)c2nc3ccccc3c(C(=O)O[C@H](C)C(N)=O)c2C1. The number of rotatable bonds is 4. The van der Waals surface area contributed by atoms with Gasteiger partial charge in [0, 0.05) is 5.39 Å². The first kappa shape index (κ1) is 18.9. The minimum absolute atomic E-state index is 0.312. The van der Waals surface area contributed by atoms with Gasteiger partial charge in [-0.15, -0.1) is 0 Å². The first-order valence-corrected chi connectivity index (χ1v) is 9.60. The summed E-state index contributed by atoms with van der Waals surface area (Å²) in [5, 5.41) is 0.708. The molecule has 2 atom stereocenters. The Morgan fingerprint density at radius 1 is 1.24 bits per heavy atom. The molecular formula is C23H22N2O4. The van der Waals surface area contributed by atoms with E-state index in [2.05, 4.69) is 6.92 Å². The maximum Gasteiger partial charge on any atom is 0.339 e. The zero-order valence-corrected chi connectivity index (χ0v) is 16.3. The number of nitrogens with zero attached hydrogens (tertiary/aromatic N) is 1. The van der Waals surface area contributed by atoms with Crippen LogP contribution in [0.2, 0.25) is 0 Å². The largest absolute Gasteiger partial charge is 0.465 e. The van der Waals surface area contributed by atoms with Crippen molar-refractivity contribution in [3.8, 4) is 0 Å². The monoisotopic (exact) mass is 390 g/mol. The van der Waals surface area contributed by atoms with Crippen LogP contribution in [-0.4, -0.2) is 23.0 Å². The smallest absolute Gasteiger partial charge is 0.339 e. The summed E-state index contributed by atoms with van der Waals surface area (Å²) >= 11 is 0. The number of hydrogen-bond donors (Lipinski definition) is 1. The first-order valence-electron chi connectivity index (χ1n) is 9.60. The number of pyridine rings is 1. The summed E-state index contributed by atoms with van der Waals surface area (Å²) in [6.07, 6.45) is 4.10. The Balaban J connectivity index is 1.92.